The molecule has 0 bridgehead atoms. The number of hydrogen-bond donors (Lipinski definition) is 2. The van der Waals surface area contributed by atoms with Gasteiger partial charge in [-0.05, 0) is 48.1 Å². The van der Waals surface area contributed by atoms with Gasteiger partial charge in [-0.15, -0.1) is 11.3 Å². The molecule has 0 saturated heterocycles. The van der Waals surface area contributed by atoms with E-state index in [1.54, 1.807) is 25.6 Å². The van der Waals surface area contributed by atoms with Crippen molar-refractivity contribution in [3.8, 4) is 11.5 Å². The van der Waals surface area contributed by atoms with Crippen molar-refractivity contribution in [2.75, 3.05) is 40.4 Å². The van der Waals surface area contributed by atoms with Crippen molar-refractivity contribution in [3.63, 3.8) is 0 Å². The maximum Gasteiger partial charge on any atom is 0.191 e. The first-order chi connectivity index (χ1) is 13.7. The molecule has 0 spiro atoms. The van der Waals surface area contributed by atoms with Gasteiger partial charge in [0.05, 0.1) is 20.8 Å². The number of rotatable bonds is 8. The fraction of sp³-hybridized carbons (Fsp3) is 0.476. The van der Waals surface area contributed by atoms with E-state index in [1.165, 1.54) is 16.0 Å². The van der Waals surface area contributed by atoms with E-state index in [9.17, 15) is 0 Å². The molecule has 152 valence electrons. The first-order valence-corrected chi connectivity index (χ1v) is 10.6. The third kappa shape index (κ3) is 5.39. The lowest BCUT2D eigenvalue weighted by Gasteiger charge is -2.29. The Morgan fingerprint density at radius 2 is 1.96 bits per heavy atom. The van der Waals surface area contributed by atoms with Gasteiger partial charge in [0.15, 0.2) is 17.5 Å². The minimum atomic E-state index is 0.714. The molecule has 7 heteroatoms. The lowest BCUT2D eigenvalue weighted by molar-refractivity contribution is 0.256. The molecular formula is C21H30N4O2S. The third-order valence-electron chi connectivity index (χ3n) is 4.83. The number of aliphatic imine (C=N–C) groups is 1. The molecule has 0 aliphatic carbocycles. The summed E-state index contributed by atoms with van der Waals surface area (Å²) >= 11 is 1.74. The van der Waals surface area contributed by atoms with Crippen LogP contribution in [0.5, 0.6) is 11.5 Å². The molecule has 2 heterocycles. The average Bonchev–Trinajstić information content (AvgIpc) is 3.24. The van der Waals surface area contributed by atoms with Gasteiger partial charge < -0.3 is 20.1 Å². The molecule has 0 atom stereocenters. The number of fused-ring (bicyclic) bond motifs is 1. The maximum atomic E-state index is 5.46. The van der Waals surface area contributed by atoms with Crippen LogP contribution < -0.4 is 20.1 Å². The summed E-state index contributed by atoms with van der Waals surface area (Å²) in [6.07, 6.45) is 1.03. The second-order valence-electron chi connectivity index (χ2n) is 6.70. The molecule has 28 heavy (non-hydrogen) atoms. The zero-order chi connectivity index (χ0) is 19.8. The topological polar surface area (TPSA) is 58.1 Å². The van der Waals surface area contributed by atoms with E-state index in [0.717, 1.165) is 56.6 Å². The van der Waals surface area contributed by atoms with Crippen LogP contribution in [0.4, 0.5) is 0 Å². The Morgan fingerprint density at radius 3 is 2.64 bits per heavy atom. The van der Waals surface area contributed by atoms with Gasteiger partial charge in [0.1, 0.15) is 0 Å². The second-order valence-corrected chi connectivity index (χ2v) is 7.74. The van der Waals surface area contributed by atoms with Crippen LogP contribution in [0.1, 0.15) is 22.9 Å². The Kier molecular flexibility index (Phi) is 7.56. The minimum Gasteiger partial charge on any atom is -0.493 e. The summed E-state index contributed by atoms with van der Waals surface area (Å²) in [6, 6.07) is 8.41. The van der Waals surface area contributed by atoms with Gasteiger partial charge in [0.2, 0.25) is 0 Å². The Labute approximate surface area is 171 Å². The van der Waals surface area contributed by atoms with Gasteiger partial charge in [-0.2, -0.15) is 0 Å². The van der Waals surface area contributed by atoms with Gasteiger partial charge in [0.25, 0.3) is 0 Å². The van der Waals surface area contributed by atoms with E-state index in [1.807, 2.05) is 0 Å². The van der Waals surface area contributed by atoms with Crippen LogP contribution in [0.2, 0.25) is 0 Å². The summed E-state index contributed by atoms with van der Waals surface area (Å²) in [6.45, 7) is 7.47. The van der Waals surface area contributed by atoms with Crippen molar-refractivity contribution in [2.24, 2.45) is 4.99 Å². The number of methoxy groups -OCH3 is 2. The van der Waals surface area contributed by atoms with Crippen molar-refractivity contribution in [3.05, 3.63) is 45.6 Å². The van der Waals surface area contributed by atoms with Crippen LogP contribution in [0, 0.1) is 0 Å². The number of nitrogens with one attached hydrogen (secondary N) is 2. The van der Waals surface area contributed by atoms with Crippen molar-refractivity contribution >= 4 is 17.3 Å². The smallest absolute Gasteiger partial charge is 0.191 e. The van der Waals surface area contributed by atoms with E-state index >= 15 is 0 Å². The standard InChI is InChI=1S/C21H30N4O2S/c1-4-22-21(24-14-18-6-5-11-28-18)23-8-10-25-9-7-16-12-19(26-2)20(27-3)13-17(16)15-25/h5-6,11-13H,4,7-10,14-15H2,1-3H3,(H2,22,23,24). The zero-order valence-electron chi connectivity index (χ0n) is 17.0. The van der Waals surface area contributed by atoms with Crippen LogP contribution in [0.15, 0.2) is 34.6 Å². The molecule has 1 aromatic heterocycles. The molecule has 6 nitrogen and oxygen atoms in total. The van der Waals surface area contributed by atoms with Crippen LogP contribution in [0.25, 0.3) is 0 Å². The highest BCUT2D eigenvalue weighted by Crippen LogP contribution is 2.33. The van der Waals surface area contributed by atoms with Crippen molar-refractivity contribution in [2.45, 2.75) is 26.4 Å². The predicted molar refractivity (Wildman–Crippen MR) is 116 cm³/mol. The molecular weight excluding hydrogens is 372 g/mol. The van der Waals surface area contributed by atoms with Gasteiger partial charge >= 0.3 is 0 Å². The molecule has 1 aliphatic rings. The number of hydrogen-bond acceptors (Lipinski definition) is 5. The highest BCUT2D eigenvalue weighted by Gasteiger charge is 2.19. The first kappa shape index (κ1) is 20.5. The van der Waals surface area contributed by atoms with Gasteiger partial charge in [0, 0.05) is 37.6 Å². The third-order valence-corrected chi connectivity index (χ3v) is 5.70. The number of guanidine groups is 1. The first-order valence-electron chi connectivity index (χ1n) is 9.74. The largest absolute Gasteiger partial charge is 0.493 e. The Hall–Kier alpha value is -2.25. The summed E-state index contributed by atoms with van der Waals surface area (Å²) in [7, 11) is 3.37. The van der Waals surface area contributed by atoms with Gasteiger partial charge in [-0.1, -0.05) is 6.07 Å². The molecule has 2 aromatic rings. The number of thiophene rings is 1. The molecule has 0 amide bonds. The van der Waals surface area contributed by atoms with E-state index in [-0.39, 0.29) is 0 Å². The predicted octanol–water partition coefficient (Wildman–Crippen LogP) is 2.88. The van der Waals surface area contributed by atoms with Crippen molar-refractivity contribution in [1.82, 2.24) is 15.5 Å². The number of benzene rings is 1. The maximum absolute atomic E-state index is 5.46. The Morgan fingerprint density at radius 1 is 1.18 bits per heavy atom. The highest BCUT2D eigenvalue weighted by molar-refractivity contribution is 7.09. The lowest BCUT2D eigenvalue weighted by atomic mass is 9.99. The highest BCUT2D eigenvalue weighted by atomic mass is 32.1. The monoisotopic (exact) mass is 402 g/mol. The zero-order valence-corrected chi connectivity index (χ0v) is 17.8. The van der Waals surface area contributed by atoms with E-state index < -0.39 is 0 Å². The molecule has 0 radical (unpaired) electrons. The Bertz CT molecular complexity index is 777. The van der Waals surface area contributed by atoms with Gasteiger partial charge in [-0.25, -0.2) is 4.99 Å². The summed E-state index contributed by atoms with van der Waals surface area (Å²) in [5, 5.41) is 8.86. The summed E-state index contributed by atoms with van der Waals surface area (Å²) in [5.74, 6) is 2.49. The van der Waals surface area contributed by atoms with E-state index in [2.05, 4.69) is 57.1 Å². The van der Waals surface area contributed by atoms with Crippen LogP contribution in [-0.4, -0.2) is 51.3 Å². The Balaban J connectivity index is 1.53. The van der Waals surface area contributed by atoms with Gasteiger partial charge in [-0.3, -0.25) is 4.90 Å². The summed E-state index contributed by atoms with van der Waals surface area (Å²) < 4.78 is 10.9. The molecule has 0 saturated carbocycles. The summed E-state index contributed by atoms with van der Waals surface area (Å²) in [4.78, 5) is 8.41. The molecule has 0 unspecified atom stereocenters. The van der Waals surface area contributed by atoms with Crippen LogP contribution in [0.3, 0.4) is 0 Å². The van der Waals surface area contributed by atoms with Crippen LogP contribution >= 0.6 is 11.3 Å². The molecule has 3 rings (SSSR count). The fourth-order valence-electron chi connectivity index (χ4n) is 3.37. The van der Waals surface area contributed by atoms with Crippen molar-refractivity contribution in [1.29, 1.82) is 0 Å². The average molecular weight is 403 g/mol. The second kappa shape index (κ2) is 10.3. The fourth-order valence-corrected chi connectivity index (χ4v) is 3.99. The number of ether oxygens (including phenoxy) is 2. The SMILES string of the molecule is CCNC(=NCc1cccs1)NCCN1CCc2cc(OC)c(OC)cc2C1. The molecule has 1 aromatic carbocycles. The number of nitrogens with zero attached hydrogens (tertiary/aromatic N) is 2. The molecule has 0 fully saturated rings. The lowest BCUT2D eigenvalue weighted by Crippen LogP contribution is -2.42. The minimum absolute atomic E-state index is 0.714. The molecule has 2 N–H and O–H groups in total. The van der Waals surface area contributed by atoms with Crippen molar-refractivity contribution < 1.29 is 9.47 Å². The molecule has 1 aliphatic heterocycles. The van der Waals surface area contributed by atoms with Crippen LogP contribution in [-0.2, 0) is 19.5 Å². The summed E-state index contributed by atoms with van der Waals surface area (Å²) in [5.41, 5.74) is 2.68. The normalized spacial score (nSPS) is 14.5. The van der Waals surface area contributed by atoms with E-state index in [0.29, 0.717) is 6.54 Å². The quantitative estimate of drug-likeness (QED) is 0.525. The van der Waals surface area contributed by atoms with E-state index in [4.69, 9.17) is 9.47 Å².